The van der Waals surface area contributed by atoms with Gasteiger partial charge >= 0.3 is 0 Å². The van der Waals surface area contributed by atoms with E-state index in [1.807, 2.05) is 73.2 Å². The maximum atomic E-state index is 12.6. The molecule has 2 heterocycles. The number of nitrogens with one attached hydrogen (secondary N) is 2. The second-order valence-corrected chi connectivity index (χ2v) is 9.79. The molecule has 0 spiro atoms. The maximum Gasteiger partial charge on any atom is 0.224 e. The van der Waals surface area contributed by atoms with Crippen molar-refractivity contribution in [1.29, 1.82) is 0 Å². The lowest BCUT2D eigenvalue weighted by Crippen LogP contribution is -2.18. The number of carbonyl (C=O) groups is 1. The summed E-state index contributed by atoms with van der Waals surface area (Å²) >= 11 is 6.45. The van der Waals surface area contributed by atoms with Gasteiger partial charge in [-0.3, -0.25) is 4.79 Å². The predicted molar refractivity (Wildman–Crippen MR) is 145 cm³/mol. The van der Waals surface area contributed by atoms with Crippen molar-refractivity contribution >= 4 is 48.0 Å². The van der Waals surface area contributed by atoms with E-state index in [1.54, 1.807) is 0 Å². The normalized spacial score (nSPS) is 14.2. The zero-order chi connectivity index (χ0) is 24.2. The molecular weight excluding hydrogens is 457 g/mol. The van der Waals surface area contributed by atoms with Gasteiger partial charge in [0.05, 0.1) is 5.69 Å². The minimum absolute atomic E-state index is 0.106. The van der Waals surface area contributed by atoms with Gasteiger partial charge in [-0.25, -0.2) is 4.98 Å². The van der Waals surface area contributed by atoms with Crippen molar-refractivity contribution in [3.8, 4) is 11.3 Å². The van der Waals surface area contributed by atoms with Crippen LogP contribution in [0.2, 0.25) is 5.02 Å². The molecule has 0 aliphatic heterocycles. The zero-order valence-corrected chi connectivity index (χ0v) is 20.7. The summed E-state index contributed by atoms with van der Waals surface area (Å²) < 4.78 is 1.81. The van der Waals surface area contributed by atoms with Gasteiger partial charge in [0, 0.05) is 41.5 Å². The Balaban J connectivity index is 1.32. The quantitative estimate of drug-likeness (QED) is 0.368. The molecule has 0 unspecified atom stereocenters. The number of rotatable bonds is 7. The lowest BCUT2D eigenvalue weighted by molar-refractivity contribution is -0.117. The number of hydrogen-bond donors (Lipinski definition) is 2. The molecule has 35 heavy (non-hydrogen) atoms. The van der Waals surface area contributed by atoms with E-state index in [9.17, 15) is 4.79 Å². The maximum absolute atomic E-state index is 12.6. The minimum atomic E-state index is 0.106. The van der Waals surface area contributed by atoms with Crippen LogP contribution in [0.25, 0.3) is 16.9 Å². The van der Waals surface area contributed by atoms with Gasteiger partial charge < -0.3 is 10.6 Å². The second kappa shape index (κ2) is 10.5. The number of hydrogen-bond acceptors (Lipinski definition) is 4. The minimum Gasteiger partial charge on any atom is -0.366 e. The van der Waals surface area contributed by atoms with Gasteiger partial charge in [-0.05, 0) is 48.0 Å². The molecule has 0 saturated heterocycles. The molecule has 1 saturated carbocycles. The van der Waals surface area contributed by atoms with E-state index in [0.717, 1.165) is 39.4 Å². The van der Waals surface area contributed by atoms with Gasteiger partial charge in [0.25, 0.3) is 0 Å². The summed E-state index contributed by atoms with van der Waals surface area (Å²) in [5.74, 6) is 1.45. The van der Waals surface area contributed by atoms with Gasteiger partial charge in [-0.2, -0.15) is 9.61 Å². The summed E-state index contributed by atoms with van der Waals surface area (Å²) in [7, 11) is 2.00. The second-order valence-electron chi connectivity index (χ2n) is 9.38. The molecule has 1 aliphatic rings. The third-order valence-electron chi connectivity index (χ3n) is 6.68. The van der Waals surface area contributed by atoms with Crippen molar-refractivity contribution < 1.29 is 4.79 Å². The zero-order valence-electron chi connectivity index (χ0n) is 19.9. The Bertz CT molecular complexity index is 1350. The monoisotopic (exact) mass is 485 g/mol. The van der Waals surface area contributed by atoms with Crippen LogP contribution in [-0.4, -0.2) is 28.4 Å². The number of nitrogens with zero attached hydrogens (tertiary/aromatic N) is 3. The molecule has 2 aromatic heterocycles. The molecule has 1 fully saturated rings. The summed E-state index contributed by atoms with van der Waals surface area (Å²) in [6.45, 7) is 0.576. The van der Waals surface area contributed by atoms with E-state index in [4.69, 9.17) is 16.6 Å². The largest absolute Gasteiger partial charge is 0.366 e. The number of aromatic nitrogens is 3. The van der Waals surface area contributed by atoms with Crippen LogP contribution in [0.5, 0.6) is 0 Å². The van der Waals surface area contributed by atoms with Crippen molar-refractivity contribution in [2.75, 3.05) is 10.6 Å². The Morgan fingerprint density at radius 1 is 1.09 bits per heavy atom. The average Bonchev–Trinajstić information content (AvgIpc) is 3.24. The van der Waals surface area contributed by atoms with E-state index in [-0.39, 0.29) is 5.91 Å². The van der Waals surface area contributed by atoms with Crippen molar-refractivity contribution in [3.63, 3.8) is 0 Å². The topological polar surface area (TPSA) is 71.3 Å². The molecule has 0 atom stereocenters. The first-order valence-corrected chi connectivity index (χ1v) is 12.7. The number of carbonyl (C=O) groups excluding carboxylic acids is 1. The van der Waals surface area contributed by atoms with Gasteiger partial charge in [0.15, 0.2) is 5.65 Å². The number of benzene rings is 2. The number of fused-ring (bicyclic) bond motifs is 1. The molecule has 2 aromatic carbocycles. The third-order valence-corrected chi connectivity index (χ3v) is 7.01. The van der Waals surface area contributed by atoms with E-state index in [1.165, 1.54) is 32.1 Å². The van der Waals surface area contributed by atoms with Crippen LogP contribution in [0.3, 0.4) is 0 Å². The molecule has 1 aliphatic carbocycles. The van der Waals surface area contributed by atoms with Crippen LogP contribution in [-0.2, 0) is 11.3 Å². The number of anilines is 2. The Kier molecular flexibility index (Phi) is 7.05. The first-order chi connectivity index (χ1) is 17.1. The lowest BCUT2D eigenvalue weighted by Gasteiger charge is -2.20. The number of amides is 1. The first kappa shape index (κ1) is 23.4. The van der Waals surface area contributed by atoms with Gasteiger partial charge in [0.2, 0.25) is 5.91 Å². The lowest BCUT2D eigenvalue weighted by atomic mass is 9.87. The fourth-order valence-electron chi connectivity index (χ4n) is 4.82. The van der Waals surface area contributed by atoms with Gasteiger partial charge in [0.1, 0.15) is 13.7 Å². The highest BCUT2D eigenvalue weighted by Crippen LogP contribution is 2.29. The first-order valence-electron chi connectivity index (χ1n) is 12.3. The fourth-order valence-corrected chi connectivity index (χ4v) is 5.06. The average molecular weight is 486 g/mol. The molecular formula is C27H29BClN5O. The molecule has 4 aromatic rings. The molecule has 8 heteroatoms. The van der Waals surface area contributed by atoms with Crippen molar-refractivity contribution in [1.82, 2.24) is 14.6 Å². The summed E-state index contributed by atoms with van der Waals surface area (Å²) in [5, 5.41) is 11.7. The van der Waals surface area contributed by atoms with Crippen LogP contribution in [0.15, 0.2) is 60.8 Å². The highest BCUT2D eigenvalue weighted by Gasteiger charge is 2.17. The summed E-state index contributed by atoms with van der Waals surface area (Å²) in [4.78, 5) is 17.4. The standard InChI is InChI=1S/C27H29BClN5O/c28-22-17-31-34-25(15-24(33-27(22)34)21-11-4-5-12-23(21)29)30-16-19-9-6-10-20(13-19)32-26(35)14-18-7-2-1-3-8-18/h4-6,9-13,15,17-18,30H,1-3,7-8,14,16,28H2,(H,32,35). The van der Waals surface area contributed by atoms with Gasteiger partial charge in [-0.1, -0.05) is 61.2 Å². The van der Waals surface area contributed by atoms with E-state index in [0.29, 0.717) is 23.9 Å². The van der Waals surface area contributed by atoms with Crippen LogP contribution < -0.4 is 16.1 Å². The van der Waals surface area contributed by atoms with Crippen LogP contribution in [0.1, 0.15) is 44.1 Å². The van der Waals surface area contributed by atoms with Crippen molar-refractivity contribution in [2.45, 2.75) is 45.1 Å². The Morgan fingerprint density at radius 3 is 2.74 bits per heavy atom. The highest BCUT2D eigenvalue weighted by molar-refractivity contribution is 6.36. The Morgan fingerprint density at radius 2 is 1.91 bits per heavy atom. The molecule has 178 valence electrons. The molecule has 0 bridgehead atoms. The summed E-state index contributed by atoms with van der Waals surface area (Å²) in [5.41, 5.74) is 5.34. The smallest absolute Gasteiger partial charge is 0.224 e. The van der Waals surface area contributed by atoms with Gasteiger partial charge in [-0.15, -0.1) is 0 Å². The summed E-state index contributed by atoms with van der Waals surface area (Å²) in [6.07, 6.45) is 8.55. The predicted octanol–water partition coefficient (Wildman–Crippen LogP) is 4.83. The molecule has 6 nitrogen and oxygen atoms in total. The van der Waals surface area contributed by atoms with E-state index in [2.05, 4.69) is 15.7 Å². The van der Waals surface area contributed by atoms with Crippen molar-refractivity contribution in [2.24, 2.45) is 5.92 Å². The molecule has 0 radical (unpaired) electrons. The molecule has 2 N–H and O–H groups in total. The van der Waals surface area contributed by atoms with Crippen LogP contribution in [0, 0.1) is 5.92 Å². The van der Waals surface area contributed by atoms with E-state index >= 15 is 0 Å². The van der Waals surface area contributed by atoms with Crippen LogP contribution in [0.4, 0.5) is 11.5 Å². The Labute approximate surface area is 211 Å². The highest BCUT2D eigenvalue weighted by atomic mass is 35.5. The van der Waals surface area contributed by atoms with Crippen LogP contribution >= 0.6 is 11.6 Å². The summed E-state index contributed by atoms with van der Waals surface area (Å²) in [6, 6.07) is 17.7. The molecule has 1 amide bonds. The Hall–Kier alpha value is -3.32. The van der Waals surface area contributed by atoms with Crippen molar-refractivity contribution in [3.05, 3.63) is 71.4 Å². The van der Waals surface area contributed by atoms with E-state index < -0.39 is 0 Å². The SMILES string of the molecule is Bc1cnn2c(NCc3cccc(NC(=O)CC4CCCCC4)c3)cc(-c3ccccc3Cl)nc12. The molecule has 5 rings (SSSR count). The fraction of sp³-hybridized carbons (Fsp3) is 0.296. The number of halogens is 1. The third kappa shape index (κ3) is 5.51.